The molecule has 1 saturated heterocycles. The maximum atomic E-state index is 12.4. The van der Waals surface area contributed by atoms with Crippen LogP contribution < -0.4 is 5.32 Å². The molecule has 0 saturated carbocycles. The molecule has 3 heterocycles. The third-order valence-corrected chi connectivity index (χ3v) is 4.35. The summed E-state index contributed by atoms with van der Waals surface area (Å²) in [5.74, 6) is 0.00286. The number of likely N-dealkylation sites (tertiary alicyclic amines) is 1. The largest absolute Gasteiger partial charge is 0.322 e. The fourth-order valence-corrected chi connectivity index (χ4v) is 3.12. The first-order valence-electron chi connectivity index (χ1n) is 8.01. The van der Waals surface area contributed by atoms with Crippen molar-refractivity contribution in [1.82, 2.24) is 29.9 Å². The first-order valence-corrected chi connectivity index (χ1v) is 8.01. The van der Waals surface area contributed by atoms with E-state index in [1.807, 2.05) is 18.5 Å². The molecule has 1 atom stereocenters. The molecular formula is C15H23N7O. The van der Waals surface area contributed by atoms with E-state index in [1.165, 1.54) is 6.42 Å². The minimum absolute atomic E-state index is 0.00286. The highest BCUT2D eigenvalue weighted by molar-refractivity contribution is 5.93. The fourth-order valence-electron chi connectivity index (χ4n) is 3.12. The zero-order valence-corrected chi connectivity index (χ0v) is 13.6. The van der Waals surface area contributed by atoms with Crippen LogP contribution in [0.15, 0.2) is 12.7 Å². The lowest BCUT2D eigenvalue weighted by Gasteiger charge is -2.35. The number of aromatic amines is 1. The Kier molecular flexibility index (Phi) is 4.71. The van der Waals surface area contributed by atoms with Crippen LogP contribution >= 0.6 is 0 Å². The zero-order chi connectivity index (χ0) is 16.2. The minimum atomic E-state index is 0.00286. The molecule has 3 rings (SSSR count). The summed E-state index contributed by atoms with van der Waals surface area (Å²) in [5.41, 5.74) is 2.49. The number of nitrogens with one attached hydrogen (secondary N) is 2. The maximum Gasteiger partial charge on any atom is 0.238 e. The number of aryl methyl sites for hydroxylation is 2. The summed E-state index contributed by atoms with van der Waals surface area (Å²) >= 11 is 0. The van der Waals surface area contributed by atoms with Gasteiger partial charge in [0, 0.05) is 6.04 Å². The lowest BCUT2D eigenvalue weighted by atomic mass is 10.0. The highest BCUT2D eigenvalue weighted by Crippen LogP contribution is 2.19. The molecule has 1 aliphatic rings. The normalized spacial score (nSPS) is 19.0. The van der Waals surface area contributed by atoms with E-state index in [0.29, 0.717) is 12.6 Å². The first kappa shape index (κ1) is 15.7. The van der Waals surface area contributed by atoms with Gasteiger partial charge in [-0.15, -0.1) is 0 Å². The quantitative estimate of drug-likeness (QED) is 0.862. The number of rotatable bonds is 5. The predicted molar refractivity (Wildman–Crippen MR) is 85.9 cm³/mol. The summed E-state index contributed by atoms with van der Waals surface area (Å²) in [4.78, 5) is 18.6. The fraction of sp³-hybridized carbons (Fsp3) is 0.600. The Morgan fingerprint density at radius 1 is 1.43 bits per heavy atom. The second kappa shape index (κ2) is 6.91. The lowest BCUT2D eigenvalue weighted by molar-refractivity contribution is -0.118. The molecule has 0 aromatic carbocycles. The molecule has 2 aromatic rings. The van der Waals surface area contributed by atoms with Crippen molar-refractivity contribution in [2.45, 2.75) is 45.7 Å². The summed E-state index contributed by atoms with van der Waals surface area (Å²) in [6, 6.07) is 0.322. The van der Waals surface area contributed by atoms with E-state index in [0.717, 1.165) is 43.0 Å². The topological polar surface area (TPSA) is 91.7 Å². The van der Waals surface area contributed by atoms with E-state index in [4.69, 9.17) is 0 Å². The van der Waals surface area contributed by atoms with Crippen LogP contribution in [0, 0.1) is 13.8 Å². The standard InChI is InChI=1S/C15H23N7O/c1-11-15(12(2)20-19-11)18-14(23)8-21-6-4-3-5-13(21)7-22-10-16-9-17-22/h9-10,13H,3-8H2,1-2H3,(H,18,23)(H,19,20)/t13-/m1/s1. The number of anilines is 1. The minimum Gasteiger partial charge on any atom is -0.322 e. The van der Waals surface area contributed by atoms with Crippen molar-refractivity contribution in [3.8, 4) is 0 Å². The molecule has 0 unspecified atom stereocenters. The molecule has 23 heavy (non-hydrogen) atoms. The number of hydrogen-bond donors (Lipinski definition) is 2. The highest BCUT2D eigenvalue weighted by atomic mass is 16.2. The van der Waals surface area contributed by atoms with Gasteiger partial charge in [0.2, 0.25) is 5.91 Å². The molecule has 0 radical (unpaired) electrons. The Morgan fingerprint density at radius 2 is 2.30 bits per heavy atom. The SMILES string of the molecule is Cc1n[nH]c(C)c1NC(=O)CN1CCCC[C@@H]1Cn1cncn1. The maximum absolute atomic E-state index is 12.4. The van der Waals surface area contributed by atoms with E-state index >= 15 is 0 Å². The van der Waals surface area contributed by atoms with E-state index in [2.05, 4.69) is 30.5 Å². The van der Waals surface area contributed by atoms with Crippen molar-refractivity contribution in [2.24, 2.45) is 0 Å². The van der Waals surface area contributed by atoms with E-state index in [-0.39, 0.29) is 5.91 Å². The molecule has 0 aliphatic carbocycles. The van der Waals surface area contributed by atoms with Gasteiger partial charge in [0.15, 0.2) is 0 Å². The Hall–Kier alpha value is -2.22. The van der Waals surface area contributed by atoms with Crippen LogP contribution in [-0.2, 0) is 11.3 Å². The second-order valence-corrected chi connectivity index (χ2v) is 6.09. The van der Waals surface area contributed by atoms with Crippen LogP contribution in [0.1, 0.15) is 30.7 Å². The molecule has 1 fully saturated rings. The Morgan fingerprint density at radius 3 is 3.00 bits per heavy atom. The van der Waals surface area contributed by atoms with Gasteiger partial charge in [-0.05, 0) is 33.2 Å². The van der Waals surface area contributed by atoms with Gasteiger partial charge in [-0.25, -0.2) is 4.98 Å². The third-order valence-electron chi connectivity index (χ3n) is 4.35. The number of carbonyl (C=O) groups excluding carboxylic acids is 1. The van der Waals surface area contributed by atoms with Crippen LogP contribution in [0.5, 0.6) is 0 Å². The van der Waals surface area contributed by atoms with Gasteiger partial charge in [0.1, 0.15) is 12.7 Å². The van der Waals surface area contributed by atoms with Gasteiger partial charge in [0.05, 0.1) is 30.2 Å². The molecule has 0 spiro atoms. The molecule has 124 valence electrons. The zero-order valence-electron chi connectivity index (χ0n) is 13.6. The number of H-pyrrole nitrogens is 1. The van der Waals surface area contributed by atoms with Crippen LogP contribution in [0.4, 0.5) is 5.69 Å². The number of amides is 1. The molecule has 8 nitrogen and oxygen atoms in total. The molecule has 1 aliphatic heterocycles. The predicted octanol–water partition coefficient (Wildman–Crippen LogP) is 1.11. The molecule has 2 aromatic heterocycles. The van der Waals surface area contributed by atoms with Crippen molar-refractivity contribution in [3.05, 3.63) is 24.0 Å². The highest BCUT2D eigenvalue weighted by Gasteiger charge is 2.25. The molecule has 2 N–H and O–H groups in total. The molecular weight excluding hydrogens is 294 g/mol. The number of aromatic nitrogens is 5. The third kappa shape index (κ3) is 3.76. The van der Waals surface area contributed by atoms with Crippen molar-refractivity contribution in [2.75, 3.05) is 18.4 Å². The van der Waals surface area contributed by atoms with Gasteiger partial charge in [0.25, 0.3) is 0 Å². The molecule has 8 heteroatoms. The van der Waals surface area contributed by atoms with Gasteiger partial charge in [-0.1, -0.05) is 6.42 Å². The Bertz CT molecular complexity index is 629. The summed E-state index contributed by atoms with van der Waals surface area (Å²) in [6.07, 6.45) is 6.68. The van der Waals surface area contributed by atoms with Gasteiger partial charge >= 0.3 is 0 Å². The van der Waals surface area contributed by atoms with Crippen molar-refractivity contribution < 1.29 is 4.79 Å². The van der Waals surface area contributed by atoms with Crippen molar-refractivity contribution in [1.29, 1.82) is 0 Å². The summed E-state index contributed by atoms with van der Waals surface area (Å²) < 4.78 is 1.84. The smallest absolute Gasteiger partial charge is 0.238 e. The Balaban J connectivity index is 1.61. The van der Waals surface area contributed by atoms with Gasteiger partial charge in [-0.3, -0.25) is 19.5 Å². The number of carbonyl (C=O) groups is 1. The van der Waals surface area contributed by atoms with Crippen molar-refractivity contribution >= 4 is 11.6 Å². The summed E-state index contributed by atoms with van der Waals surface area (Å²) in [5, 5.41) is 14.1. The number of nitrogens with zero attached hydrogens (tertiary/aromatic N) is 5. The second-order valence-electron chi connectivity index (χ2n) is 6.09. The van der Waals surface area contributed by atoms with Crippen molar-refractivity contribution in [3.63, 3.8) is 0 Å². The van der Waals surface area contributed by atoms with Crippen LogP contribution in [-0.4, -0.2) is 54.9 Å². The average Bonchev–Trinajstić information content (AvgIpc) is 3.14. The van der Waals surface area contributed by atoms with E-state index in [1.54, 1.807) is 12.7 Å². The number of piperidine rings is 1. The van der Waals surface area contributed by atoms with E-state index < -0.39 is 0 Å². The Labute approximate surface area is 135 Å². The molecule has 1 amide bonds. The average molecular weight is 317 g/mol. The van der Waals surface area contributed by atoms with Crippen LogP contribution in [0.25, 0.3) is 0 Å². The van der Waals surface area contributed by atoms with Gasteiger partial charge in [-0.2, -0.15) is 10.2 Å². The van der Waals surface area contributed by atoms with Crippen LogP contribution in [0.2, 0.25) is 0 Å². The molecule has 0 bridgehead atoms. The van der Waals surface area contributed by atoms with E-state index in [9.17, 15) is 4.79 Å². The lowest BCUT2D eigenvalue weighted by Crippen LogP contribution is -2.46. The monoisotopic (exact) mass is 317 g/mol. The summed E-state index contributed by atoms with van der Waals surface area (Å²) in [7, 11) is 0. The number of hydrogen-bond acceptors (Lipinski definition) is 5. The summed E-state index contributed by atoms with van der Waals surface area (Å²) in [6.45, 7) is 5.90. The first-order chi connectivity index (χ1) is 11.1. The van der Waals surface area contributed by atoms with Crippen LogP contribution in [0.3, 0.4) is 0 Å². The van der Waals surface area contributed by atoms with Gasteiger partial charge < -0.3 is 5.32 Å².